The van der Waals surface area contributed by atoms with Crippen molar-refractivity contribution in [1.82, 2.24) is 4.90 Å². The number of imide groups is 1. The molecule has 2 aliphatic rings. The third-order valence-electron chi connectivity index (χ3n) is 3.31. The van der Waals surface area contributed by atoms with E-state index in [0.29, 0.717) is 13.0 Å². The number of hydrogen-bond acceptors (Lipinski definition) is 3. The standard InChI is InChI=1S/C11H17NO3/c1-3-12-10(13)6-8(11(12)14)9-5-4-7(2)15-9/h7-9H,3-6H2,1-2H3. The lowest BCUT2D eigenvalue weighted by Gasteiger charge is -2.17. The fourth-order valence-electron chi connectivity index (χ4n) is 2.46. The van der Waals surface area contributed by atoms with Crippen molar-refractivity contribution in [3.63, 3.8) is 0 Å². The van der Waals surface area contributed by atoms with E-state index in [1.165, 1.54) is 4.90 Å². The zero-order valence-corrected chi connectivity index (χ0v) is 9.23. The molecule has 2 saturated heterocycles. The van der Waals surface area contributed by atoms with Gasteiger partial charge in [-0.2, -0.15) is 0 Å². The topological polar surface area (TPSA) is 46.6 Å². The van der Waals surface area contributed by atoms with E-state index in [4.69, 9.17) is 4.74 Å². The molecule has 0 saturated carbocycles. The minimum atomic E-state index is -0.220. The van der Waals surface area contributed by atoms with Crippen LogP contribution in [0.3, 0.4) is 0 Å². The molecule has 0 aromatic rings. The molecule has 2 aliphatic heterocycles. The Balaban J connectivity index is 2.06. The van der Waals surface area contributed by atoms with Crippen LogP contribution in [0.15, 0.2) is 0 Å². The first-order valence-electron chi connectivity index (χ1n) is 5.63. The third-order valence-corrected chi connectivity index (χ3v) is 3.31. The van der Waals surface area contributed by atoms with Crippen molar-refractivity contribution in [1.29, 1.82) is 0 Å². The maximum Gasteiger partial charge on any atom is 0.235 e. The number of likely N-dealkylation sites (tertiary alicyclic amines) is 1. The summed E-state index contributed by atoms with van der Waals surface area (Å²) in [5.41, 5.74) is 0. The minimum Gasteiger partial charge on any atom is -0.374 e. The molecule has 0 bridgehead atoms. The summed E-state index contributed by atoms with van der Waals surface area (Å²) in [6, 6.07) is 0. The molecule has 15 heavy (non-hydrogen) atoms. The second kappa shape index (κ2) is 3.93. The van der Waals surface area contributed by atoms with Crippen LogP contribution in [0.1, 0.15) is 33.1 Å². The predicted molar refractivity (Wildman–Crippen MR) is 54.1 cm³/mol. The summed E-state index contributed by atoms with van der Waals surface area (Å²) in [5.74, 6) is -0.306. The van der Waals surface area contributed by atoms with Crippen molar-refractivity contribution in [2.24, 2.45) is 5.92 Å². The Bertz CT molecular complexity index is 290. The van der Waals surface area contributed by atoms with Crippen molar-refractivity contribution < 1.29 is 14.3 Å². The summed E-state index contributed by atoms with van der Waals surface area (Å²) in [5, 5.41) is 0. The predicted octanol–water partition coefficient (Wildman–Crippen LogP) is 0.949. The second-order valence-corrected chi connectivity index (χ2v) is 4.35. The number of carbonyl (C=O) groups excluding carboxylic acids is 2. The van der Waals surface area contributed by atoms with Crippen LogP contribution >= 0.6 is 0 Å². The number of rotatable bonds is 2. The number of amides is 2. The first-order valence-corrected chi connectivity index (χ1v) is 5.63. The zero-order chi connectivity index (χ0) is 11.0. The van der Waals surface area contributed by atoms with Crippen LogP contribution in [0, 0.1) is 5.92 Å². The van der Waals surface area contributed by atoms with E-state index in [0.717, 1.165) is 12.8 Å². The van der Waals surface area contributed by atoms with Crippen LogP contribution in [0.2, 0.25) is 0 Å². The van der Waals surface area contributed by atoms with Gasteiger partial charge in [-0.1, -0.05) is 0 Å². The van der Waals surface area contributed by atoms with Crippen molar-refractivity contribution >= 4 is 11.8 Å². The van der Waals surface area contributed by atoms with Crippen molar-refractivity contribution in [3.8, 4) is 0 Å². The molecule has 2 fully saturated rings. The van der Waals surface area contributed by atoms with Gasteiger partial charge in [0.1, 0.15) is 0 Å². The summed E-state index contributed by atoms with van der Waals surface area (Å²) in [6.07, 6.45) is 2.43. The quantitative estimate of drug-likeness (QED) is 0.639. The number of hydrogen-bond donors (Lipinski definition) is 0. The zero-order valence-electron chi connectivity index (χ0n) is 9.23. The van der Waals surface area contributed by atoms with E-state index in [-0.39, 0.29) is 29.9 Å². The van der Waals surface area contributed by atoms with E-state index in [9.17, 15) is 9.59 Å². The minimum absolute atomic E-state index is 0.0343. The normalized spacial score (nSPS) is 36.7. The van der Waals surface area contributed by atoms with E-state index >= 15 is 0 Å². The van der Waals surface area contributed by atoms with E-state index in [1.54, 1.807) is 0 Å². The highest BCUT2D eigenvalue weighted by Gasteiger charge is 2.44. The van der Waals surface area contributed by atoms with Crippen molar-refractivity contribution in [2.75, 3.05) is 6.54 Å². The van der Waals surface area contributed by atoms with Crippen LogP contribution in [-0.4, -0.2) is 35.5 Å². The van der Waals surface area contributed by atoms with Crippen molar-refractivity contribution in [3.05, 3.63) is 0 Å². The SMILES string of the molecule is CCN1C(=O)CC(C2CCC(C)O2)C1=O. The first kappa shape index (κ1) is 10.6. The second-order valence-electron chi connectivity index (χ2n) is 4.35. The van der Waals surface area contributed by atoms with Gasteiger partial charge < -0.3 is 4.74 Å². The summed E-state index contributed by atoms with van der Waals surface area (Å²) >= 11 is 0. The van der Waals surface area contributed by atoms with Crippen LogP contribution in [0.4, 0.5) is 0 Å². The molecule has 0 aromatic carbocycles. The Morgan fingerprint density at radius 2 is 2.13 bits per heavy atom. The Hall–Kier alpha value is -0.900. The Labute approximate surface area is 89.6 Å². The monoisotopic (exact) mass is 211 g/mol. The van der Waals surface area contributed by atoms with Crippen LogP contribution in [0.25, 0.3) is 0 Å². The highest BCUT2D eigenvalue weighted by atomic mass is 16.5. The highest BCUT2D eigenvalue weighted by Crippen LogP contribution is 2.32. The molecule has 2 rings (SSSR count). The maximum absolute atomic E-state index is 11.9. The van der Waals surface area contributed by atoms with Crippen LogP contribution in [-0.2, 0) is 14.3 Å². The van der Waals surface area contributed by atoms with Crippen LogP contribution < -0.4 is 0 Å². The third kappa shape index (κ3) is 1.78. The smallest absolute Gasteiger partial charge is 0.235 e. The number of carbonyl (C=O) groups is 2. The molecule has 4 nitrogen and oxygen atoms in total. The summed E-state index contributed by atoms with van der Waals surface area (Å²) < 4.78 is 5.66. The number of ether oxygens (including phenoxy) is 1. The fourth-order valence-corrected chi connectivity index (χ4v) is 2.46. The van der Waals surface area contributed by atoms with Gasteiger partial charge in [-0.15, -0.1) is 0 Å². The summed E-state index contributed by atoms with van der Waals surface area (Å²) in [6.45, 7) is 4.32. The molecular formula is C11H17NO3. The fraction of sp³-hybridized carbons (Fsp3) is 0.818. The molecule has 2 amide bonds. The maximum atomic E-state index is 11.9. The molecule has 0 aromatic heterocycles. The van der Waals surface area contributed by atoms with Gasteiger partial charge >= 0.3 is 0 Å². The van der Waals surface area contributed by atoms with Gasteiger partial charge in [-0.25, -0.2) is 0 Å². The Kier molecular flexibility index (Phi) is 2.78. The van der Waals surface area contributed by atoms with Gasteiger partial charge in [-0.05, 0) is 26.7 Å². The van der Waals surface area contributed by atoms with E-state index < -0.39 is 0 Å². The van der Waals surface area contributed by atoms with Gasteiger partial charge in [0.15, 0.2) is 0 Å². The molecule has 0 spiro atoms. The molecule has 84 valence electrons. The molecule has 0 radical (unpaired) electrons. The lowest BCUT2D eigenvalue weighted by molar-refractivity contribution is -0.140. The van der Waals surface area contributed by atoms with E-state index in [1.807, 2.05) is 13.8 Å². The summed E-state index contributed by atoms with van der Waals surface area (Å²) in [7, 11) is 0. The Morgan fingerprint density at radius 1 is 1.40 bits per heavy atom. The number of nitrogens with zero attached hydrogens (tertiary/aromatic N) is 1. The van der Waals surface area contributed by atoms with Gasteiger partial charge in [0.25, 0.3) is 0 Å². The molecule has 3 unspecified atom stereocenters. The lowest BCUT2D eigenvalue weighted by atomic mass is 9.98. The molecule has 0 aliphatic carbocycles. The van der Waals surface area contributed by atoms with Crippen molar-refractivity contribution in [2.45, 2.75) is 45.3 Å². The largest absolute Gasteiger partial charge is 0.374 e. The molecule has 2 heterocycles. The first-order chi connectivity index (χ1) is 7.13. The van der Waals surface area contributed by atoms with E-state index in [2.05, 4.69) is 0 Å². The average molecular weight is 211 g/mol. The van der Waals surface area contributed by atoms with Gasteiger partial charge in [0.05, 0.1) is 18.1 Å². The molecular weight excluding hydrogens is 194 g/mol. The van der Waals surface area contributed by atoms with Gasteiger partial charge in [0.2, 0.25) is 11.8 Å². The highest BCUT2D eigenvalue weighted by molar-refractivity contribution is 6.03. The van der Waals surface area contributed by atoms with Gasteiger partial charge in [0, 0.05) is 13.0 Å². The molecule has 0 N–H and O–H groups in total. The lowest BCUT2D eigenvalue weighted by Crippen LogP contribution is -2.33. The molecule has 4 heteroatoms. The Morgan fingerprint density at radius 3 is 2.60 bits per heavy atom. The van der Waals surface area contributed by atoms with Gasteiger partial charge in [-0.3, -0.25) is 14.5 Å². The summed E-state index contributed by atoms with van der Waals surface area (Å²) in [4.78, 5) is 24.7. The molecule has 3 atom stereocenters. The van der Waals surface area contributed by atoms with Crippen LogP contribution in [0.5, 0.6) is 0 Å². The average Bonchev–Trinajstić information content (AvgIpc) is 2.71.